The van der Waals surface area contributed by atoms with Gasteiger partial charge in [0.25, 0.3) is 5.69 Å². The maximum absolute atomic E-state index is 10.8. The van der Waals surface area contributed by atoms with Gasteiger partial charge in [0.15, 0.2) is 0 Å². The maximum atomic E-state index is 10.8. The number of benzene rings is 1. The summed E-state index contributed by atoms with van der Waals surface area (Å²) in [5.74, 6) is -0.0321. The minimum atomic E-state index is -3.56. The van der Waals surface area contributed by atoms with Crippen LogP contribution in [0.1, 0.15) is 0 Å². The minimum Gasteiger partial charge on any atom is -0.258 e. The third-order valence-corrected chi connectivity index (χ3v) is 4.85. The molecule has 1 aromatic rings. The molecule has 0 unspecified atom stereocenters. The largest absolute Gasteiger partial charge is 0.283 e. The normalized spacial score (nSPS) is 11.4. The number of rotatable bonds is 5. The van der Waals surface area contributed by atoms with Gasteiger partial charge in [0, 0.05) is 26.1 Å². The lowest BCUT2D eigenvalue weighted by molar-refractivity contribution is -0.387. The number of halogens is 2. The van der Waals surface area contributed by atoms with Gasteiger partial charge in [-0.05, 0) is 34.7 Å². The standard InChI is InChI=1S/C8H7ClINO4S2/c9-17(14,15)4-3-16-8-2-1-6(10)5-7(8)11(12)13/h1-2,5H,3-4H2. The fraction of sp³-hybridized carbons (Fsp3) is 0.250. The van der Waals surface area contributed by atoms with E-state index in [9.17, 15) is 18.5 Å². The summed E-state index contributed by atoms with van der Waals surface area (Å²) in [5.41, 5.74) is -0.0196. The molecule has 1 aromatic carbocycles. The Morgan fingerprint density at radius 3 is 2.65 bits per heavy atom. The highest BCUT2D eigenvalue weighted by molar-refractivity contribution is 14.1. The van der Waals surface area contributed by atoms with Crippen LogP contribution in [0, 0.1) is 13.7 Å². The van der Waals surface area contributed by atoms with Gasteiger partial charge in [-0.3, -0.25) is 10.1 Å². The third kappa shape index (κ3) is 5.40. The lowest BCUT2D eigenvalue weighted by Gasteiger charge is -2.02. The van der Waals surface area contributed by atoms with Gasteiger partial charge in [-0.25, -0.2) is 8.42 Å². The second-order valence-electron chi connectivity index (χ2n) is 2.96. The Labute approximate surface area is 121 Å². The van der Waals surface area contributed by atoms with Crippen molar-refractivity contribution in [3.8, 4) is 0 Å². The van der Waals surface area contributed by atoms with Crippen molar-refractivity contribution >= 4 is 59.8 Å². The SMILES string of the molecule is O=[N+]([O-])c1cc(I)ccc1SCCS(=O)(=O)Cl. The maximum Gasteiger partial charge on any atom is 0.283 e. The molecule has 0 N–H and O–H groups in total. The van der Waals surface area contributed by atoms with Crippen LogP contribution in [0.4, 0.5) is 5.69 Å². The summed E-state index contributed by atoms with van der Waals surface area (Å²) in [4.78, 5) is 10.7. The molecule has 0 spiro atoms. The van der Waals surface area contributed by atoms with Crippen molar-refractivity contribution < 1.29 is 13.3 Å². The Morgan fingerprint density at radius 1 is 1.47 bits per heavy atom. The van der Waals surface area contributed by atoms with Gasteiger partial charge in [0.2, 0.25) is 9.05 Å². The summed E-state index contributed by atoms with van der Waals surface area (Å²) in [6, 6.07) is 4.77. The zero-order valence-electron chi connectivity index (χ0n) is 8.30. The molecule has 0 heterocycles. The van der Waals surface area contributed by atoms with E-state index >= 15 is 0 Å². The van der Waals surface area contributed by atoms with Crippen LogP contribution in [0.3, 0.4) is 0 Å². The fourth-order valence-corrected chi connectivity index (χ4v) is 3.84. The molecular formula is C8H7ClINO4S2. The number of hydrogen-bond donors (Lipinski definition) is 0. The molecule has 0 saturated carbocycles. The summed E-state index contributed by atoms with van der Waals surface area (Å²) >= 11 is 3.08. The van der Waals surface area contributed by atoms with Crippen molar-refractivity contribution in [1.82, 2.24) is 0 Å². The summed E-state index contributed by atoms with van der Waals surface area (Å²) in [6.45, 7) is 0. The number of hydrogen-bond acceptors (Lipinski definition) is 5. The van der Waals surface area contributed by atoms with Gasteiger partial charge in [-0.15, -0.1) is 11.8 Å². The van der Waals surface area contributed by atoms with Gasteiger partial charge in [0.1, 0.15) is 0 Å². The van der Waals surface area contributed by atoms with E-state index in [0.29, 0.717) is 4.90 Å². The van der Waals surface area contributed by atoms with Gasteiger partial charge in [0.05, 0.1) is 15.6 Å². The molecule has 5 nitrogen and oxygen atoms in total. The van der Waals surface area contributed by atoms with Crippen LogP contribution < -0.4 is 0 Å². The van der Waals surface area contributed by atoms with Crippen LogP contribution in [0.15, 0.2) is 23.1 Å². The van der Waals surface area contributed by atoms with Crippen LogP contribution in [-0.4, -0.2) is 24.8 Å². The molecule has 9 heteroatoms. The number of nitro benzene ring substituents is 1. The molecule has 0 aromatic heterocycles. The number of nitrogens with zero attached hydrogens (tertiary/aromatic N) is 1. The van der Waals surface area contributed by atoms with E-state index in [-0.39, 0.29) is 17.2 Å². The zero-order chi connectivity index (χ0) is 13.1. The Balaban J connectivity index is 2.81. The molecule has 0 bridgehead atoms. The summed E-state index contributed by atoms with van der Waals surface area (Å²) in [7, 11) is 1.50. The summed E-state index contributed by atoms with van der Waals surface area (Å²) in [6.07, 6.45) is 0. The monoisotopic (exact) mass is 407 g/mol. The first-order chi connectivity index (χ1) is 7.79. The molecule has 0 aliphatic heterocycles. The first-order valence-electron chi connectivity index (χ1n) is 4.28. The predicted molar refractivity (Wildman–Crippen MR) is 76.2 cm³/mol. The molecule has 0 atom stereocenters. The third-order valence-electron chi connectivity index (χ3n) is 1.70. The van der Waals surface area contributed by atoms with E-state index in [1.165, 1.54) is 6.07 Å². The smallest absolute Gasteiger partial charge is 0.258 e. The lowest BCUT2D eigenvalue weighted by Crippen LogP contribution is -2.00. The van der Waals surface area contributed by atoms with Crippen LogP contribution in [-0.2, 0) is 9.05 Å². The van der Waals surface area contributed by atoms with Gasteiger partial charge in [-0.1, -0.05) is 0 Å². The molecule has 0 radical (unpaired) electrons. The quantitative estimate of drug-likeness (QED) is 0.247. The van der Waals surface area contributed by atoms with Gasteiger partial charge >= 0.3 is 0 Å². The first kappa shape index (κ1) is 15.0. The van der Waals surface area contributed by atoms with E-state index in [0.717, 1.165) is 15.3 Å². The van der Waals surface area contributed by atoms with Crippen molar-refractivity contribution in [2.24, 2.45) is 0 Å². The predicted octanol–water partition coefficient (Wildman–Crippen LogP) is 2.86. The second kappa shape index (κ2) is 6.21. The van der Waals surface area contributed by atoms with Crippen molar-refractivity contribution in [2.45, 2.75) is 4.90 Å². The van der Waals surface area contributed by atoms with E-state index in [4.69, 9.17) is 10.7 Å². The van der Waals surface area contributed by atoms with E-state index < -0.39 is 14.0 Å². The average molecular weight is 408 g/mol. The molecule has 0 aliphatic carbocycles. The first-order valence-corrected chi connectivity index (χ1v) is 8.83. The molecule has 0 fully saturated rings. The summed E-state index contributed by atoms with van der Waals surface area (Å²) < 4.78 is 22.2. The Kier molecular flexibility index (Phi) is 5.48. The van der Waals surface area contributed by atoms with E-state index in [1.54, 1.807) is 12.1 Å². The minimum absolute atomic E-state index is 0.0196. The molecule has 0 amide bonds. The Bertz CT molecular complexity index is 534. The number of nitro groups is 1. The average Bonchev–Trinajstić information content (AvgIpc) is 2.18. The van der Waals surface area contributed by atoms with Crippen molar-refractivity contribution in [3.63, 3.8) is 0 Å². The van der Waals surface area contributed by atoms with Crippen molar-refractivity contribution in [2.75, 3.05) is 11.5 Å². The highest BCUT2D eigenvalue weighted by Gasteiger charge is 2.15. The molecule has 17 heavy (non-hydrogen) atoms. The Morgan fingerprint density at radius 2 is 2.12 bits per heavy atom. The summed E-state index contributed by atoms with van der Waals surface area (Å²) in [5, 5.41) is 10.8. The lowest BCUT2D eigenvalue weighted by atomic mass is 10.3. The fourth-order valence-electron chi connectivity index (χ4n) is 1.01. The molecule has 1 rings (SSSR count). The van der Waals surface area contributed by atoms with Crippen LogP contribution in [0.2, 0.25) is 0 Å². The highest BCUT2D eigenvalue weighted by Crippen LogP contribution is 2.30. The van der Waals surface area contributed by atoms with E-state index in [1.807, 2.05) is 22.6 Å². The van der Waals surface area contributed by atoms with Crippen molar-refractivity contribution in [3.05, 3.63) is 31.9 Å². The van der Waals surface area contributed by atoms with Gasteiger partial charge in [-0.2, -0.15) is 0 Å². The molecular weight excluding hydrogens is 401 g/mol. The van der Waals surface area contributed by atoms with Crippen LogP contribution >= 0.6 is 45.0 Å². The Hall–Kier alpha value is -0.0600. The second-order valence-corrected chi connectivity index (χ2v) is 8.24. The highest BCUT2D eigenvalue weighted by atomic mass is 127. The zero-order valence-corrected chi connectivity index (χ0v) is 12.8. The molecule has 0 saturated heterocycles. The molecule has 0 aliphatic rings. The van der Waals surface area contributed by atoms with Crippen molar-refractivity contribution in [1.29, 1.82) is 0 Å². The van der Waals surface area contributed by atoms with Crippen LogP contribution in [0.25, 0.3) is 0 Å². The number of thioether (sulfide) groups is 1. The van der Waals surface area contributed by atoms with E-state index in [2.05, 4.69) is 0 Å². The topological polar surface area (TPSA) is 77.3 Å². The van der Waals surface area contributed by atoms with Crippen LogP contribution in [0.5, 0.6) is 0 Å². The molecule has 94 valence electrons. The van der Waals surface area contributed by atoms with Gasteiger partial charge < -0.3 is 0 Å².